The molecule has 6 heteroatoms. The van der Waals surface area contributed by atoms with E-state index in [2.05, 4.69) is 16.1 Å². The summed E-state index contributed by atoms with van der Waals surface area (Å²) in [7, 11) is -3.34. The number of hydrogen-bond acceptors (Lipinski definition) is 3. The molecule has 1 aliphatic rings. The highest BCUT2D eigenvalue weighted by Crippen LogP contribution is 2.24. The molecule has 0 bridgehead atoms. The van der Waals surface area contributed by atoms with E-state index in [0.29, 0.717) is 11.4 Å². The highest BCUT2D eigenvalue weighted by Gasteiger charge is 2.19. The van der Waals surface area contributed by atoms with Gasteiger partial charge >= 0.3 is 0 Å². The van der Waals surface area contributed by atoms with E-state index in [0.717, 1.165) is 31.1 Å². The molecule has 1 atom stereocenters. The second kappa shape index (κ2) is 6.30. The molecule has 0 radical (unpaired) electrons. The Balaban J connectivity index is 2.11. The number of carbonyl (C=O) groups excluding carboxylic acids is 1. The molecule has 1 aromatic carbocycles. The highest BCUT2D eigenvalue weighted by molar-refractivity contribution is 7.92. The monoisotopic (exact) mass is 308 g/mol. The number of aryl methyl sites for hydroxylation is 1. The zero-order valence-electron chi connectivity index (χ0n) is 12.2. The van der Waals surface area contributed by atoms with Gasteiger partial charge in [0.1, 0.15) is 0 Å². The minimum Gasteiger partial charge on any atom is -0.326 e. The van der Waals surface area contributed by atoms with Gasteiger partial charge < -0.3 is 5.32 Å². The van der Waals surface area contributed by atoms with Gasteiger partial charge in [-0.2, -0.15) is 0 Å². The van der Waals surface area contributed by atoms with Gasteiger partial charge in [-0.25, -0.2) is 8.42 Å². The summed E-state index contributed by atoms with van der Waals surface area (Å²) in [5.74, 6) is -0.0314. The van der Waals surface area contributed by atoms with Crippen molar-refractivity contribution in [1.29, 1.82) is 0 Å². The van der Waals surface area contributed by atoms with Crippen molar-refractivity contribution in [2.75, 3.05) is 16.3 Å². The predicted molar refractivity (Wildman–Crippen MR) is 84.8 cm³/mol. The summed E-state index contributed by atoms with van der Waals surface area (Å²) >= 11 is 0. The van der Waals surface area contributed by atoms with E-state index in [1.54, 1.807) is 18.2 Å². The topological polar surface area (TPSA) is 75.3 Å². The third kappa shape index (κ3) is 4.60. The van der Waals surface area contributed by atoms with Gasteiger partial charge in [-0.15, -0.1) is 0 Å². The van der Waals surface area contributed by atoms with Crippen molar-refractivity contribution < 1.29 is 13.2 Å². The van der Waals surface area contributed by atoms with Crippen molar-refractivity contribution in [2.45, 2.75) is 26.2 Å². The Morgan fingerprint density at radius 2 is 2.05 bits per heavy atom. The summed E-state index contributed by atoms with van der Waals surface area (Å²) in [6.07, 6.45) is 7.75. The Hall–Kier alpha value is -1.82. The van der Waals surface area contributed by atoms with E-state index in [-0.39, 0.29) is 11.8 Å². The molecule has 0 heterocycles. The molecule has 1 aliphatic carbocycles. The molecular formula is C15H20N2O3S. The van der Waals surface area contributed by atoms with Crippen LogP contribution in [0.4, 0.5) is 11.4 Å². The molecule has 0 unspecified atom stereocenters. The van der Waals surface area contributed by atoms with Crippen LogP contribution >= 0.6 is 0 Å². The maximum Gasteiger partial charge on any atom is 0.229 e. The number of benzene rings is 1. The minimum atomic E-state index is -3.34. The first-order valence-corrected chi connectivity index (χ1v) is 8.78. The van der Waals surface area contributed by atoms with Gasteiger partial charge in [-0.3, -0.25) is 9.52 Å². The average Bonchev–Trinajstić information content (AvgIpc) is 2.42. The van der Waals surface area contributed by atoms with Crippen LogP contribution in [-0.4, -0.2) is 20.6 Å². The minimum absolute atomic E-state index is 0.0115. The first-order chi connectivity index (χ1) is 9.85. The van der Waals surface area contributed by atoms with E-state index >= 15 is 0 Å². The largest absolute Gasteiger partial charge is 0.326 e. The Bertz CT molecular complexity index is 665. The summed E-state index contributed by atoms with van der Waals surface area (Å²) in [5.41, 5.74) is 1.89. The zero-order valence-corrected chi connectivity index (χ0v) is 13.0. The van der Waals surface area contributed by atoms with Crippen LogP contribution < -0.4 is 10.0 Å². The van der Waals surface area contributed by atoms with Gasteiger partial charge in [0.15, 0.2) is 0 Å². The van der Waals surface area contributed by atoms with E-state index < -0.39 is 10.0 Å². The van der Waals surface area contributed by atoms with Crippen molar-refractivity contribution in [3.05, 3.63) is 35.9 Å². The molecule has 2 rings (SSSR count). The molecule has 2 N–H and O–H groups in total. The van der Waals surface area contributed by atoms with Gasteiger partial charge in [-0.05, 0) is 43.9 Å². The molecule has 0 fully saturated rings. The number of rotatable bonds is 4. The maximum atomic E-state index is 12.2. The summed E-state index contributed by atoms with van der Waals surface area (Å²) < 4.78 is 25.1. The van der Waals surface area contributed by atoms with Crippen LogP contribution in [0.3, 0.4) is 0 Å². The Labute approximate surface area is 125 Å². The summed E-state index contributed by atoms with van der Waals surface area (Å²) in [4.78, 5) is 12.2. The number of allylic oxidation sites excluding steroid dienone is 2. The molecule has 0 saturated carbocycles. The van der Waals surface area contributed by atoms with Crippen LogP contribution in [0.2, 0.25) is 0 Å². The molecular weight excluding hydrogens is 288 g/mol. The van der Waals surface area contributed by atoms with Crippen molar-refractivity contribution in [3.63, 3.8) is 0 Å². The number of anilines is 2. The number of sulfonamides is 1. The van der Waals surface area contributed by atoms with Gasteiger partial charge in [0.25, 0.3) is 0 Å². The normalized spacial score (nSPS) is 18.3. The second-order valence-electron chi connectivity index (χ2n) is 5.37. The fraction of sp³-hybridized carbons (Fsp3) is 0.400. The van der Waals surface area contributed by atoms with Crippen molar-refractivity contribution >= 4 is 27.3 Å². The molecule has 0 spiro atoms. The Kier molecular flexibility index (Phi) is 4.67. The predicted octanol–water partition coefficient (Wildman–Crippen LogP) is 2.66. The van der Waals surface area contributed by atoms with Crippen LogP contribution in [0.1, 0.15) is 24.8 Å². The number of amides is 1. The molecule has 114 valence electrons. The lowest BCUT2D eigenvalue weighted by atomic mass is 9.93. The first kappa shape index (κ1) is 15.6. The standard InChI is InChI=1S/C15H20N2O3S/c1-11-8-9-13(10-14(11)17-21(2,19)20)16-15(18)12-6-4-3-5-7-12/h3-4,8-10,12,17H,5-7H2,1-2H3,(H,16,18)/t12-/m1/s1. The van der Waals surface area contributed by atoms with Crippen LogP contribution in [-0.2, 0) is 14.8 Å². The average molecular weight is 308 g/mol. The van der Waals surface area contributed by atoms with Crippen molar-refractivity contribution in [2.24, 2.45) is 5.92 Å². The molecule has 0 aliphatic heterocycles. The lowest BCUT2D eigenvalue weighted by molar-refractivity contribution is -0.120. The molecule has 1 amide bonds. The molecule has 21 heavy (non-hydrogen) atoms. The van der Waals surface area contributed by atoms with Crippen LogP contribution in [0, 0.1) is 12.8 Å². The van der Waals surface area contributed by atoms with E-state index in [4.69, 9.17) is 0 Å². The van der Waals surface area contributed by atoms with Gasteiger partial charge in [-0.1, -0.05) is 18.2 Å². The Morgan fingerprint density at radius 3 is 2.67 bits per heavy atom. The third-order valence-corrected chi connectivity index (χ3v) is 4.03. The molecule has 5 nitrogen and oxygen atoms in total. The van der Waals surface area contributed by atoms with E-state index in [9.17, 15) is 13.2 Å². The summed E-state index contributed by atoms with van der Waals surface area (Å²) in [6.45, 7) is 1.81. The van der Waals surface area contributed by atoms with Gasteiger partial charge in [0.05, 0.1) is 11.9 Å². The fourth-order valence-electron chi connectivity index (χ4n) is 2.29. The van der Waals surface area contributed by atoms with E-state index in [1.807, 2.05) is 13.0 Å². The van der Waals surface area contributed by atoms with Crippen LogP contribution in [0.25, 0.3) is 0 Å². The quantitative estimate of drug-likeness (QED) is 0.840. The van der Waals surface area contributed by atoms with Gasteiger partial charge in [0.2, 0.25) is 15.9 Å². The summed E-state index contributed by atoms with van der Waals surface area (Å²) in [5, 5.41) is 2.86. The maximum absolute atomic E-state index is 12.2. The van der Waals surface area contributed by atoms with Crippen LogP contribution in [0.5, 0.6) is 0 Å². The van der Waals surface area contributed by atoms with Gasteiger partial charge in [0, 0.05) is 11.6 Å². The van der Waals surface area contributed by atoms with Crippen molar-refractivity contribution in [1.82, 2.24) is 0 Å². The first-order valence-electron chi connectivity index (χ1n) is 6.89. The lowest BCUT2D eigenvalue weighted by Crippen LogP contribution is -2.23. The van der Waals surface area contributed by atoms with Crippen molar-refractivity contribution in [3.8, 4) is 0 Å². The molecule has 0 aromatic heterocycles. The Morgan fingerprint density at radius 1 is 1.29 bits per heavy atom. The zero-order chi connectivity index (χ0) is 15.5. The number of nitrogens with one attached hydrogen (secondary N) is 2. The fourth-order valence-corrected chi connectivity index (χ4v) is 2.90. The SMILES string of the molecule is Cc1ccc(NC(=O)[C@@H]2CC=CCC2)cc1NS(C)(=O)=O. The number of hydrogen-bond donors (Lipinski definition) is 2. The third-order valence-electron chi connectivity index (χ3n) is 3.44. The highest BCUT2D eigenvalue weighted by atomic mass is 32.2. The molecule has 0 saturated heterocycles. The summed E-state index contributed by atoms with van der Waals surface area (Å²) in [6, 6.07) is 5.20. The second-order valence-corrected chi connectivity index (χ2v) is 7.12. The smallest absolute Gasteiger partial charge is 0.229 e. The lowest BCUT2D eigenvalue weighted by Gasteiger charge is -2.18. The van der Waals surface area contributed by atoms with E-state index in [1.165, 1.54) is 0 Å². The van der Waals surface area contributed by atoms with Crippen LogP contribution in [0.15, 0.2) is 30.4 Å². The molecule has 1 aromatic rings. The number of carbonyl (C=O) groups is 1.